The maximum atomic E-state index is 11.6. The number of hydrogen-bond donors (Lipinski definition) is 1. The molecule has 0 aromatic carbocycles. The summed E-state index contributed by atoms with van der Waals surface area (Å²) in [6.07, 6.45) is 4.49. The van der Waals surface area contributed by atoms with Gasteiger partial charge in [0.05, 0.1) is 18.1 Å². The quantitative estimate of drug-likeness (QED) is 0.784. The van der Waals surface area contributed by atoms with Crippen molar-refractivity contribution in [3.63, 3.8) is 0 Å². The molecule has 1 aromatic rings. The number of carboxylic acid groups (broad SMARTS) is 1. The standard InChI is InChI=1S/C16H22N4O4/c1-2-24-15(23)12-9-17-16(18-10-12)20-5-3-19(4-6-20)13-7-11(8-13)14(21)22/h9-11,13H,2-8H2,1H3,(H,21,22). The van der Waals surface area contributed by atoms with E-state index in [1.165, 1.54) is 12.4 Å². The van der Waals surface area contributed by atoms with Crippen LogP contribution in [-0.2, 0) is 9.53 Å². The highest BCUT2D eigenvalue weighted by atomic mass is 16.5. The third-order valence-electron chi connectivity index (χ3n) is 4.73. The van der Waals surface area contributed by atoms with Gasteiger partial charge in [-0.2, -0.15) is 0 Å². The highest BCUT2D eigenvalue weighted by Crippen LogP contribution is 2.32. The van der Waals surface area contributed by atoms with Crippen molar-refractivity contribution in [3.05, 3.63) is 18.0 Å². The highest BCUT2D eigenvalue weighted by molar-refractivity contribution is 5.88. The van der Waals surface area contributed by atoms with Crippen molar-refractivity contribution < 1.29 is 19.4 Å². The fraction of sp³-hybridized carbons (Fsp3) is 0.625. The maximum absolute atomic E-state index is 11.6. The van der Waals surface area contributed by atoms with Gasteiger partial charge in [-0.05, 0) is 19.8 Å². The number of carbonyl (C=O) groups excluding carboxylic acids is 1. The first kappa shape index (κ1) is 16.6. The molecule has 1 aliphatic carbocycles. The van der Waals surface area contributed by atoms with Crippen molar-refractivity contribution in [1.29, 1.82) is 0 Å². The van der Waals surface area contributed by atoms with E-state index in [0.717, 1.165) is 39.0 Å². The first-order valence-corrected chi connectivity index (χ1v) is 8.29. The zero-order chi connectivity index (χ0) is 17.1. The number of carboxylic acids is 1. The fourth-order valence-electron chi connectivity index (χ4n) is 3.18. The number of aromatic nitrogens is 2. The van der Waals surface area contributed by atoms with Crippen molar-refractivity contribution in [1.82, 2.24) is 14.9 Å². The van der Waals surface area contributed by atoms with Gasteiger partial charge in [-0.1, -0.05) is 0 Å². The molecule has 1 saturated heterocycles. The van der Waals surface area contributed by atoms with Crippen molar-refractivity contribution in [2.45, 2.75) is 25.8 Å². The Hall–Kier alpha value is -2.22. The van der Waals surface area contributed by atoms with Gasteiger partial charge in [-0.3, -0.25) is 9.69 Å². The summed E-state index contributed by atoms with van der Waals surface area (Å²) in [5.41, 5.74) is 0.355. The third-order valence-corrected chi connectivity index (χ3v) is 4.73. The van der Waals surface area contributed by atoms with Gasteiger partial charge in [0.25, 0.3) is 0 Å². The number of esters is 1. The lowest BCUT2D eigenvalue weighted by molar-refractivity contribution is -0.147. The van der Waals surface area contributed by atoms with Crippen LogP contribution in [0.25, 0.3) is 0 Å². The molecule has 0 radical (unpaired) electrons. The second kappa shape index (κ2) is 7.12. The van der Waals surface area contributed by atoms with Crippen LogP contribution >= 0.6 is 0 Å². The Kier molecular flexibility index (Phi) is 4.94. The third kappa shape index (κ3) is 3.48. The average Bonchev–Trinajstić information content (AvgIpc) is 2.54. The molecule has 0 bridgehead atoms. The first-order chi connectivity index (χ1) is 11.6. The van der Waals surface area contributed by atoms with E-state index in [-0.39, 0.29) is 5.92 Å². The summed E-state index contributed by atoms with van der Waals surface area (Å²) >= 11 is 0. The largest absolute Gasteiger partial charge is 0.481 e. The van der Waals surface area contributed by atoms with Crippen LogP contribution < -0.4 is 4.90 Å². The second-order valence-corrected chi connectivity index (χ2v) is 6.18. The molecule has 2 aliphatic rings. The summed E-state index contributed by atoms with van der Waals surface area (Å²) in [7, 11) is 0. The molecule has 1 aliphatic heterocycles. The van der Waals surface area contributed by atoms with Crippen LogP contribution in [0.3, 0.4) is 0 Å². The van der Waals surface area contributed by atoms with Crippen LogP contribution in [0.4, 0.5) is 5.95 Å². The molecule has 130 valence electrons. The van der Waals surface area contributed by atoms with Crippen LogP contribution in [0.5, 0.6) is 0 Å². The number of nitrogens with zero attached hydrogens (tertiary/aromatic N) is 4. The van der Waals surface area contributed by atoms with E-state index in [2.05, 4.69) is 19.8 Å². The van der Waals surface area contributed by atoms with Crippen molar-refractivity contribution in [2.24, 2.45) is 5.92 Å². The van der Waals surface area contributed by atoms with Crippen LogP contribution in [0, 0.1) is 5.92 Å². The van der Waals surface area contributed by atoms with Gasteiger partial charge >= 0.3 is 11.9 Å². The van der Waals surface area contributed by atoms with Crippen LogP contribution in [0.1, 0.15) is 30.1 Å². The van der Waals surface area contributed by atoms with Gasteiger partial charge in [-0.15, -0.1) is 0 Å². The lowest BCUT2D eigenvalue weighted by Crippen LogP contribution is -2.55. The van der Waals surface area contributed by atoms with Gasteiger partial charge in [0.1, 0.15) is 0 Å². The molecule has 8 heteroatoms. The summed E-state index contributed by atoms with van der Waals surface area (Å²) in [4.78, 5) is 35.4. The minimum atomic E-state index is -0.681. The molecule has 2 heterocycles. The SMILES string of the molecule is CCOC(=O)c1cnc(N2CCN(C3CC(C(=O)O)C3)CC2)nc1. The Bertz CT molecular complexity index is 593. The number of anilines is 1. The summed E-state index contributed by atoms with van der Waals surface area (Å²) in [5, 5.41) is 8.96. The Morgan fingerprint density at radius 3 is 2.38 bits per heavy atom. The van der Waals surface area contributed by atoms with Gasteiger partial charge in [0.2, 0.25) is 5.95 Å². The summed E-state index contributed by atoms with van der Waals surface area (Å²) in [6.45, 7) is 5.43. The minimum Gasteiger partial charge on any atom is -0.481 e. The van der Waals surface area contributed by atoms with Crippen LogP contribution in [0.15, 0.2) is 12.4 Å². The Morgan fingerprint density at radius 2 is 1.83 bits per heavy atom. The average molecular weight is 334 g/mol. The van der Waals surface area contributed by atoms with E-state index in [0.29, 0.717) is 24.2 Å². The molecular weight excluding hydrogens is 312 g/mol. The Balaban J connectivity index is 1.50. The highest BCUT2D eigenvalue weighted by Gasteiger charge is 2.38. The summed E-state index contributed by atoms with van der Waals surface area (Å²) in [6, 6.07) is 0.389. The predicted molar refractivity (Wildman–Crippen MR) is 85.9 cm³/mol. The smallest absolute Gasteiger partial charge is 0.341 e. The lowest BCUT2D eigenvalue weighted by Gasteiger charge is -2.45. The van der Waals surface area contributed by atoms with Gasteiger partial charge < -0.3 is 14.7 Å². The molecular formula is C16H22N4O4. The van der Waals surface area contributed by atoms with E-state index in [1.807, 2.05) is 0 Å². The molecule has 24 heavy (non-hydrogen) atoms. The van der Waals surface area contributed by atoms with Gasteiger partial charge in [-0.25, -0.2) is 14.8 Å². The molecule has 3 rings (SSSR count). The lowest BCUT2D eigenvalue weighted by atomic mass is 9.79. The molecule has 0 atom stereocenters. The number of ether oxygens (including phenoxy) is 1. The minimum absolute atomic E-state index is 0.174. The molecule has 0 unspecified atom stereocenters. The van der Waals surface area contributed by atoms with Crippen LogP contribution in [0.2, 0.25) is 0 Å². The van der Waals surface area contributed by atoms with Gasteiger partial charge in [0.15, 0.2) is 0 Å². The Morgan fingerprint density at radius 1 is 1.21 bits per heavy atom. The molecule has 0 amide bonds. The fourth-order valence-corrected chi connectivity index (χ4v) is 3.18. The number of piperazine rings is 1. The van der Waals surface area contributed by atoms with E-state index in [1.54, 1.807) is 6.92 Å². The summed E-state index contributed by atoms with van der Waals surface area (Å²) in [5.74, 6) is -0.654. The second-order valence-electron chi connectivity index (χ2n) is 6.18. The monoisotopic (exact) mass is 334 g/mol. The number of carbonyl (C=O) groups is 2. The number of aliphatic carboxylic acids is 1. The van der Waals surface area contributed by atoms with Crippen molar-refractivity contribution >= 4 is 17.9 Å². The van der Waals surface area contributed by atoms with Crippen molar-refractivity contribution in [2.75, 3.05) is 37.7 Å². The van der Waals surface area contributed by atoms with E-state index < -0.39 is 11.9 Å². The molecule has 0 spiro atoms. The van der Waals surface area contributed by atoms with E-state index in [9.17, 15) is 9.59 Å². The van der Waals surface area contributed by atoms with Gasteiger partial charge in [0, 0.05) is 44.6 Å². The van der Waals surface area contributed by atoms with Crippen LogP contribution in [-0.4, -0.2) is 70.7 Å². The summed E-state index contributed by atoms with van der Waals surface area (Å²) < 4.78 is 4.92. The molecule has 1 N–H and O–H groups in total. The zero-order valence-corrected chi connectivity index (χ0v) is 13.7. The Labute approximate surface area is 140 Å². The maximum Gasteiger partial charge on any atom is 0.341 e. The van der Waals surface area contributed by atoms with E-state index in [4.69, 9.17) is 9.84 Å². The predicted octanol–water partition coefficient (Wildman–Crippen LogP) is 0.638. The topological polar surface area (TPSA) is 95.9 Å². The first-order valence-electron chi connectivity index (χ1n) is 8.29. The number of hydrogen-bond acceptors (Lipinski definition) is 7. The molecule has 1 aromatic heterocycles. The zero-order valence-electron chi connectivity index (χ0n) is 13.7. The normalized spacial score (nSPS) is 24.3. The van der Waals surface area contributed by atoms with E-state index >= 15 is 0 Å². The molecule has 2 fully saturated rings. The molecule has 8 nitrogen and oxygen atoms in total. The van der Waals surface area contributed by atoms with Crippen molar-refractivity contribution in [3.8, 4) is 0 Å². The molecule has 1 saturated carbocycles. The number of rotatable bonds is 5.